The Morgan fingerprint density at radius 3 is 1.80 bits per heavy atom. The molecule has 0 aliphatic rings. The van der Waals surface area contributed by atoms with Gasteiger partial charge in [-0.15, -0.1) is 0 Å². The van der Waals surface area contributed by atoms with Crippen molar-refractivity contribution in [1.29, 1.82) is 0 Å². The number of halogens is 1. The van der Waals surface area contributed by atoms with Crippen LogP contribution in [0.15, 0.2) is 95.6 Å². The minimum atomic E-state index is -2.51. The molecule has 2 rings (SSSR count). The molecule has 3 heteroatoms. The Kier molecular flexibility index (Phi) is 12.7. The average molecular weight is 601 g/mol. The van der Waals surface area contributed by atoms with Gasteiger partial charge in [0.2, 0.25) is 0 Å². The molecule has 0 unspecified atom stereocenters. The van der Waals surface area contributed by atoms with Gasteiger partial charge in [-0.05, 0) is 73.9 Å². The Bertz CT molecular complexity index is 924. The van der Waals surface area contributed by atoms with Gasteiger partial charge in [0.25, 0.3) is 8.32 Å². The second kappa shape index (κ2) is 15.0. The van der Waals surface area contributed by atoms with Crippen molar-refractivity contribution in [3.8, 4) is 0 Å². The lowest BCUT2D eigenvalue weighted by atomic mass is 10.1. The van der Waals surface area contributed by atoms with Crippen LogP contribution in [-0.4, -0.2) is 19.4 Å². The highest BCUT2D eigenvalue weighted by Crippen LogP contribution is 2.37. The van der Waals surface area contributed by atoms with Crippen LogP contribution >= 0.6 is 22.6 Å². The first kappa shape index (κ1) is 29.8. The van der Waals surface area contributed by atoms with E-state index < -0.39 is 8.32 Å². The first-order chi connectivity index (χ1) is 16.7. The van der Waals surface area contributed by atoms with Gasteiger partial charge in [0.1, 0.15) is 0 Å². The SMILES string of the molecule is CC(C)=CCC/C(C)=C/CC/C(=C\CCI)CO[Si](c1ccccc1)(c1ccccc1)C(C)(C)C. The zero-order valence-electron chi connectivity index (χ0n) is 22.7. The highest BCUT2D eigenvalue weighted by atomic mass is 127. The maximum Gasteiger partial charge on any atom is 0.261 e. The van der Waals surface area contributed by atoms with Crippen molar-refractivity contribution >= 4 is 41.3 Å². The van der Waals surface area contributed by atoms with Crippen LogP contribution in [0.25, 0.3) is 0 Å². The second-order valence-corrected chi connectivity index (χ2v) is 16.1. The fourth-order valence-corrected chi connectivity index (χ4v) is 9.52. The lowest BCUT2D eigenvalue weighted by Crippen LogP contribution is -2.66. The van der Waals surface area contributed by atoms with E-state index >= 15 is 0 Å². The first-order valence-electron chi connectivity index (χ1n) is 13.0. The van der Waals surface area contributed by atoms with Gasteiger partial charge in [0.15, 0.2) is 0 Å². The van der Waals surface area contributed by atoms with E-state index in [1.54, 1.807) is 0 Å². The summed E-state index contributed by atoms with van der Waals surface area (Å²) < 4.78 is 8.35. The third-order valence-corrected chi connectivity index (χ3v) is 12.1. The van der Waals surface area contributed by atoms with E-state index in [9.17, 15) is 0 Å². The lowest BCUT2D eigenvalue weighted by Gasteiger charge is -2.43. The molecule has 0 atom stereocenters. The summed E-state index contributed by atoms with van der Waals surface area (Å²) in [6.07, 6.45) is 12.7. The van der Waals surface area contributed by atoms with Crippen LogP contribution in [0.3, 0.4) is 0 Å². The molecule has 0 bridgehead atoms. The van der Waals surface area contributed by atoms with Crippen LogP contribution in [0.5, 0.6) is 0 Å². The maximum absolute atomic E-state index is 7.21. The van der Waals surface area contributed by atoms with Crippen molar-refractivity contribution in [2.75, 3.05) is 11.0 Å². The molecule has 0 saturated heterocycles. The van der Waals surface area contributed by atoms with Crippen LogP contribution < -0.4 is 10.4 Å². The molecule has 1 nitrogen and oxygen atoms in total. The summed E-state index contributed by atoms with van der Waals surface area (Å²) in [6, 6.07) is 21.9. The molecule has 0 saturated carbocycles. The lowest BCUT2D eigenvalue weighted by molar-refractivity contribution is 0.325. The smallest absolute Gasteiger partial charge is 0.261 e. The zero-order valence-corrected chi connectivity index (χ0v) is 25.9. The molecule has 2 aromatic rings. The number of benzene rings is 2. The van der Waals surface area contributed by atoms with Gasteiger partial charge in [-0.1, -0.05) is 133 Å². The Labute approximate surface area is 230 Å². The summed E-state index contributed by atoms with van der Waals surface area (Å²) in [5.41, 5.74) is 4.33. The summed E-state index contributed by atoms with van der Waals surface area (Å²) in [6.45, 7) is 14.4. The molecular weight excluding hydrogens is 555 g/mol. The molecule has 2 aromatic carbocycles. The summed E-state index contributed by atoms with van der Waals surface area (Å²) in [5, 5.41) is 2.70. The Morgan fingerprint density at radius 2 is 1.31 bits per heavy atom. The minimum Gasteiger partial charge on any atom is -0.403 e. The summed E-state index contributed by atoms with van der Waals surface area (Å²) in [4.78, 5) is 0. The largest absolute Gasteiger partial charge is 0.403 e. The molecule has 0 amide bonds. The van der Waals surface area contributed by atoms with Gasteiger partial charge in [0, 0.05) is 4.43 Å². The Morgan fingerprint density at radius 1 is 0.771 bits per heavy atom. The topological polar surface area (TPSA) is 9.23 Å². The van der Waals surface area contributed by atoms with Gasteiger partial charge >= 0.3 is 0 Å². The van der Waals surface area contributed by atoms with Crippen molar-refractivity contribution in [2.45, 2.75) is 78.7 Å². The fraction of sp³-hybridized carbons (Fsp3) is 0.438. The van der Waals surface area contributed by atoms with Crippen LogP contribution in [-0.2, 0) is 4.43 Å². The van der Waals surface area contributed by atoms with Crippen molar-refractivity contribution in [1.82, 2.24) is 0 Å². The quantitative estimate of drug-likeness (QED) is 0.0967. The molecular formula is C32H45IOSi. The predicted molar refractivity (Wildman–Crippen MR) is 167 cm³/mol. The maximum atomic E-state index is 7.21. The van der Waals surface area contributed by atoms with E-state index in [0.717, 1.165) is 36.5 Å². The van der Waals surface area contributed by atoms with Gasteiger partial charge in [-0.2, -0.15) is 0 Å². The summed E-state index contributed by atoms with van der Waals surface area (Å²) >= 11 is 2.47. The van der Waals surface area contributed by atoms with Crippen molar-refractivity contribution in [3.63, 3.8) is 0 Å². The summed E-state index contributed by atoms with van der Waals surface area (Å²) in [7, 11) is -2.51. The number of alkyl halides is 1. The predicted octanol–water partition coefficient (Wildman–Crippen LogP) is 8.79. The Hall–Kier alpha value is -1.43. The highest BCUT2D eigenvalue weighted by molar-refractivity contribution is 14.1. The van der Waals surface area contributed by atoms with E-state index in [-0.39, 0.29) is 5.04 Å². The Balaban J connectivity index is 2.28. The van der Waals surface area contributed by atoms with E-state index in [4.69, 9.17) is 4.43 Å². The average Bonchev–Trinajstić information content (AvgIpc) is 2.82. The van der Waals surface area contributed by atoms with E-state index in [1.807, 2.05) is 0 Å². The molecule has 0 spiro atoms. The number of hydrogen-bond donors (Lipinski definition) is 0. The number of hydrogen-bond acceptors (Lipinski definition) is 1. The van der Waals surface area contributed by atoms with Gasteiger partial charge in [-0.25, -0.2) is 0 Å². The third kappa shape index (κ3) is 9.18. The van der Waals surface area contributed by atoms with Crippen molar-refractivity contribution in [2.24, 2.45) is 0 Å². The van der Waals surface area contributed by atoms with Gasteiger partial charge < -0.3 is 4.43 Å². The number of allylic oxidation sites excluding steroid dienone is 5. The fourth-order valence-electron chi connectivity index (χ4n) is 4.65. The van der Waals surface area contributed by atoms with Crippen LogP contribution in [0.4, 0.5) is 0 Å². The molecule has 0 N–H and O–H groups in total. The van der Waals surface area contributed by atoms with Crippen LogP contribution in [0.2, 0.25) is 5.04 Å². The standard InChI is InChI=1S/C32H45IOSi/c1-27(2)16-13-17-28(3)18-14-19-29(20-15-25-33)26-34-35(32(4,5)6,30-21-9-7-10-22-30)31-23-11-8-12-24-31/h7-12,16,18,20-24H,13-15,17,19,25-26H2,1-6H3/b28-18+,29-20+. The van der Waals surface area contributed by atoms with E-state index in [2.05, 4.69) is 143 Å². The first-order valence-corrected chi connectivity index (χ1v) is 16.4. The van der Waals surface area contributed by atoms with Crippen LogP contribution in [0.1, 0.15) is 73.6 Å². The summed E-state index contributed by atoms with van der Waals surface area (Å²) in [5.74, 6) is 0. The number of rotatable bonds is 13. The van der Waals surface area contributed by atoms with E-state index in [0.29, 0.717) is 6.61 Å². The zero-order chi connectivity index (χ0) is 25.7. The molecule has 0 aliphatic heterocycles. The molecule has 0 heterocycles. The third-order valence-electron chi connectivity index (χ3n) is 6.48. The van der Waals surface area contributed by atoms with Crippen LogP contribution in [0, 0.1) is 0 Å². The molecule has 0 radical (unpaired) electrons. The molecule has 190 valence electrons. The second-order valence-electron chi connectivity index (χ2n) is 10.7. The monoisotopic (exact) mass is 600 g/mol. The normalized spacial score (nSPS) is 13.1. The molecule has 0 fully saturated rings. The van der Waals surface area contributed by atoms with Crippen molar-refractivity contribution < 1.29 is 4.43 Å². The van der Waals surface area contributed by atoms with E-state index in [1.165, 1.54) is 27.1 Å². The molecule has 0 aliphatic carbocycles. The molecule has 0 aromatic heterocycles. The van der Waals surface area contributed by atoms with Crippen molar-refractivity contribution in [3.05, 3.63) is 95.6 Å². The molecule has 35 heavy (non-hydrogen) atoms. The van der Waals surface area contributed by atoms with Gasteiger partial charge in [0.05, 0.1) is 6.61 Å². The highest BCUT2D eigenvalue weighted by Gasteiger charge is 2.50. The minimum absolute atomic E-state index is 0.00545. The van der Waals surface area contributed by atoms with Gasteiger partial charge in [-0.3, -0.25) is 0 Å².